The molecular formula is C19H20Br2SiZr. The van der Waals surface area contributed by atoms with E-state index < -0.39 is 0 Å². The molecule has 0 heterocycles. The van der Waals surface area contributed by atoms with Gasteiger partial charge >= 0.3 is 26.2 Å². The van der Waals surface area contributed by atoms with Crippen LogP contribution in [0, 0.1) is 6.08 Å². The molecule has 0 N–H and O–H groups in total. The Kier molecular flexibility index (Phi) is 15.7. The molecule has 23 heavy (non-hydrogen) atoms. The van der Waals surface area contributed by atoms with E-state index in [-0.39, 0.29) is 69.7 Å². The number of allylic oxidation sites excluding steroid dienone is 4. The van der Waals surface area contributed by atoms with Gasteiger partial charge in [-0.3, -0.25) is 6.08 Å². The first-order valence-electron chi connectivity index (χ1n) is 6.95. The second-order valence-electron chi connectivity index (χ2n) is 4.86. The summed E-state index contributed by atoms with van der Waals surface area (Å²) in [6.45, 7) is 4.22. The molecule has 1 aliphatic carbocycles. The van der Waals surface area contributed by atoms with Gasteiger partial charge in [0.15, 0.2) is 0 Å². The number of hydrogen-bond acceptors (Lipinski definition) is 0. The van der Waals surface area contributed by atoms with E-state index in [1.807, 2.05) is 0 Å². The number of rotatable bonds is 2. The maximum atomic E-state index is 3.19. The van der Waals surface area contributed by atoms with Crippen LogP contribution in [0.2, 0.25) is 0 Å². The largest absolute Gasteiger partial charge is 3.00 e. The van der Waals surface area contributed by atoms with E-state index in [4.69, 9.17) is 0 Å². The van der Waals surface area contributed by atoms with Gasteiger partial charge in [-0.1, -0.05) is 78.0 Å². The molecule has 0 aromatic heterocycles. The van der Waals surface area contributed by atoms with E-state index in [0.29, 0.717) is 0 Å². The Morgan fingerprint density at radius 1 is 0.783 bits per heavy atom. The van der Waals surface area contributed by atoms with E-state index in [2.05, 4.69) is 86.7 Å². The summed E-state index contributed by atoms with van der Waals surface area (Å²) in [7, 11) is 0.271. The average Bonchev–Trinajstić information content (AvgIpc) is 2.86. The molecule has 118 valence electrons. The molecule has 0 saturated heterocycles. The third-order valence-electron chi connectivity index (χ3n) is 3.30. The summed E-state index contributed by atoms with van der Waals surface area (Å²) in [6.07, 6.45) is 6.41. The van der Waals surface area contributed by atoms with Gasteiger partial charge in [0, 0.05) is 0 Å². The van der Waals surface area contributed by atoms with Gasteiger partial charge in [-0.25, -0.2) is 11.1 Å². The van der Waals surface area contributed by atoms with Crippen LogP contribution >= 0.6 is 0 Å². The van der Waals surface area contributed by atoms with Crippen LogP contribution in [0.25, 0.3) is 0 Å². The van der Waals surface area contributed by atoms with Crippen molar-refractivity contribution in [2.75, 3.05) is 0 Å². The van der Waals surface area contributed by atoms with Crippen molar-refractivity contribution in [3.05, 3.63) is 84.0 Å². The first-order chi connectivity index (χ1) is 9.75. The molecule has 0 spiro atoms. The summed E-state index contributed by atoms with van der Waals surface area (Å²) in [4.78, 5) is 0. The first-order valence-corrected chi connectivity index (χ1v) is 8.10. The quantitative estimate of drug-likeness (QED) is 0.292. The fourth-order valence-corrected chi connectivity index (χ4v) is 3.15. The standard InChI is InChI=1S/C12H11Si.C7H9.2BrH.Zr/c1-3-7-11(8-4-1)13-12-9-5-2-6-10-12;1-6-4-3-5-7(6)2;;;/h1-10,13H;4H,3H2,1-2H3;2*1H;/q;-1;;;+3/p-2. The van der Waals surface area contributed by atoms with Crippen molar-refractivity contribution >= 4 is 19.9 Å². The van der Waals surface area contributed by atoms with E-state index in [1.165, 1.54) is 21.5 Å². The minimum Gasteiger partial charge on any atom is -1.00 e. The van der Waals surface area contributed by atoms with Crippen LogP contribution in [-0.2, 0) is 26.2 Å². The predicted molar refractivity (Wildman–Crippen MR) is 90.1 cm³/mol. The van der Waals surface area contributed by atoms with Gasteiger partial charge in [0.1, 0.15) is 9.52 Å². The van der Waals surface area contributed by atoms with Crippen LogP contribution < -0.4 is 44.3 Å². The Balaban J connectivity index is 0. The van der Waals surface area contributed by atoms with Crippen molar-refractivity contribution in [2.24, 2.45) is 0 Å². The number of benzene rings is 2. The minimum atomic E-state index is 0. The van der Waals surface area contributed by atoms with Gasteiger partial charge < -0.3 is 34.0 Å². The fraction of sp³-hybridized carbons (Fsp3) is 0.158. The van der Waals surface area contributed by atoms with Crippen molar-refractivity contribution in [3.8, 4) is 0 Å². The fourth-order valence-electron chi connectivity index (χ4n) is 1.94. The van der Waals surface area contributed by atoms with Gasteiger partial charge in [0.2, 0.25) is 0 Å². The molecule has 0 saturated carbocycles. The van der Waals surface area contributed by atoms with Crippen LogP contribution in [0.5, 0.6) is 0 Å². The Labute approximate surface area is 183 Å². The van der Waals surface area contributed by atoms with Gasteiger partial charge in [0.25, 0.3) is 0 Å². The second-order valence-corrected chi connectivity index (χ2v) is 6.48. The van der Waals surface area contributed by atoms with Crippen LogP contribution in [0.1, 0.15) is 20.3 Å². The van der Waals surface area contributed by atoms with Crippen LogP contribution in [-0.4, -0.2) is 9.52 Å². The van der Waals surface area contributed by atoms with Crippen LogP contribution in [0.3, 0.4) is 0 Å². The maximum Gasteiger partial charge on any atom is 3.00 e. The van der Waals surface area contributed by atoms with Gasteiger partial charge in [-0.2, -0.15) is 6.08 Å². The smallest absolute Gasteiger partial charge is 1.00 e. The number of halogens is 2. The minimum absolute atomic E-state index is 0. The van der Waals surface area contributed by atoms with E-state index in [0.717, 1.165) is 6.42 Å². The van der Waals surface area contributed by atoms with Crippen molar-refractivity contribution in [1.29, 1.82) is 0 Å². The van der Waals surface area contributed by atoms with Crippen LogP contribution in [0.4, 0.5) is 0 Å². The normalized spacial score (nSPS) is 11.4. The molecule has 4 heteroatoms. The number of hydrogen-bond donors (Lipinski definition) is 0. The molecule has 0 bridgehead atoms. The average molecular weight is 527 g/mol. The summed E-state index contributed by atoms with van der Waals surface area (Å²) < 4.78 is 0. The molecule has 0 amide bonds. The molecule has 0 aliphatic heterocycles. The zero-order chi connectivity index (χ0) is 14.2. The van der Waals surface area contributed by atoms with Crippen molar-refractivity contribution < 1.29 is 60.2 Å². The molecule has 0 nitrogen and oxygen atoms in total. The summed E-state index contributed by atoms with van der Waals surface area (Å²) in [5, 5.41) is 2.90. The molecule has 2 aromatic carbocycles. The van der Waals surface area contributed by atoms with Crippen molar-refractivity contribution in [3.63, 3.8) is 0 Å². The van der Waals surface area contributed by atoms with E-state index >= 15 is 0 Å². The topological polar surface area (TPSA) is 0 Å². The summed E-state index contributed by atoms with van der Waals surface area (Å²) in [5.41, 5.74) is 2.71. The zero-order valence-electron chi connectivity index (χ0n) is 13.4. The Morgan fingerprint density at radius 2 is 1.22 bits per heavy atom. The third kappa shape index (κ3) is 9.76. The molecule has 0 unspecified atom stereocenters. The van der Waals surface area contributed by atoms with E-state index in [1.54, 1.807) is 0 Å². The Morgan fingerprint density at radius 3 is 1.48 bits per heavy atom. The molecule has 0 atom stereocenters. The van der Waals surface area contributed by atoms with Gasteiger partial charge in [-0.05, 0) is 0 Å². The molecular weight excluding hydrogens is 507 g/mol. The SMILES string of the molecule is CC1=[C-]CC=C1C.[Br-].[Br-].[Zr+3].c1ccc([SiH]c2ccccc2)cc1. The van der Waals surface area contributed by atoms with E-state index in [9.17, 15) is 0 Å². The predicted octanol–water partition coefficient (Wildman–Crippen LogP) is -2.83. The van der Waals surface area contributed by atoms with Gasteiger partial charge in [-0.15, -0.1) is 13.3 Å². The van der Waals surface area contributed by atoms with Crippen molar-refractivity contribution in [1.82, 2.24) is 0 Å². The Hall–Kier alpha value is -0.0200. The summed E-state index contributed by atoms with van der Waals surface area (Å²) >= 11 is 0. The molecule has 2 radical (unpaired) electrons. The molecule has 3 rings (SSSR count). The second kappa shape index (κ2) is 14.3. The maximum absolute atomic E-state index is 3.19. The zero-order valence-corrected chi connectivity index (χ0v) is 20.2. The molecule has 0 fully saturated rings. The van der Waals surface area contributed by atoms with Gasteiger partial charge in [0.05, 0.1) is 0 Å². The summed E-state index contributed by atoms with van der Waals surface area (Å²) in [6, 6.07) is 21.3. The Bertz CT molecular complexity index is 542. The summed E-state index contributed by atoms with van der Waals surface area (Å²) in [5.74, 6) is 0. The van der Waals surface area contributed by atoms with Crippen molar-refractivity contribution in [2.45, 2.75) is 20.3 Å². The van der Waals surface area contributed by atoms with Crippen LogP contribution in [0.15, 0.2) is 77.9 Å². The molecule has 2 aromatic rings. The molecule has 1 aliphatic rings. The first kappa shape index (κ1) is 25.2. The monoisotopic (exact) mass is 524 g/mol. The third-order valence-corrected chi connectivity index (χ3v) is 4.74.